The van der Waals surface area contributed by atoms with Gasteiger partial charge < -0.3 is 4.90 Å². The van der Waals surface area contributed by atoms with Crippen LogP contribution in [0.4, 0.5) is 5.13 Å². The summed E-state index contributed by atoms with van der Waals surface area (Å²) in [6.07, 6.45) is 1.33. The number of hydrogen-bond acceptors (Lipinski definition) is 7. The Hall–Kier alpha value is -1.37. The van der Waals surface area contributed by atoms with Gasteiger partial charge in [0, 0.05) is 30.7 Å². The summed E-state index contributed by atoms with van der Waals surface area (Å²) in [5.74, 6) is -0.449. The number of benzene rings is 1. The first-order chi connectivity index (χ1) is 15.3. The first kappa shape index (κ1) is 23.8. The Bertz CT molecular complexity index is 1190. The number of nitrogens with zero attached hydrogens (tertiary/aromatic N) is 4. The zero-order valence-corrected chi connectivity index (χ0v) is 21.9. The maximum Gasteiger partial charge on any atom is 0.252 e. The van der Waals surface area contributed by atoms with E-state index in [0.717, 1.165) is 14.7 Å². The van der Waals surface area contributed by atoms with Gasteiger partial charge in [0.1, 0.15) is 4.21 Å². The monoisotopic (exact) mass is 556 g/mol. The summed E-state index contributed by atoms with van der Waals surface area (Å²) in [7, 11) is 0.361. The SMILES string of the molecule is CN(C)CCN(C(=O)C1CCCN(S(=O)(=O)c2cccs2)C1)c1nc2ccc(Br)cc2s1. The number of sulfonamides is 1. The van der Waals surface area contributed by atoms with Crippen LogP contribution in [0, 0.1) is 5.92 Å². The van der Waals surface area contributed by atoms with Crippen molar-refractivity contribution in [1.29, 1.82) is 0 Å². The maximum atomic E-state index is 13.7. The second-order valence-electron chi connectivity index (χ2n) is 8.04. The Labute approximate surface area is 204 Å². The van der Waals surface area contributed by atoms with Crippen LogP contribution in [0.1, 0.15) is 12.8 Å². The lowest BCUT2D eigenvalue weighted by atomic mass is 9.98. The third-order valence-electron chi connectivity index (χ3n) is 5.43. The molecule has 0 saturated carbocycles. The zero-order chi connectivity index (χ0) is 22.9. The molecule has 0 N–H and O–H groups in total. The Kier molecular flexibility index (Phi) is 7.33. The number of carbonyl (C=O) groups excluding carboxylic acids is 1. The molecule has 0 radical (unpaired) electrons. The minimum absolute atomic E-state index is 0.0592. The van der Waals surface area contributed by atoms with Crippen LogP contribution in [0.15, 0.2) is 44.4 Å². The summed E-state index contributed by atoms with van der Waals surface area (Å²) < 4.78 is 29.8. The second kappa shape index (κ2) is 9.86. The molecule has 1 aliphatic rings. The molecule has 1 saturated heterocycles. The predicted molar refractivity (Wildman–Crippen MR) is 134 cm³/mol. The average molecular weight is 558 g/mol. The van der Waals surface area contributed by atoms with Crippen LogP contribution in [-0.2, 0) is 14.8 Å². The van der Waals surface area contributed by atoms with E-state index < -0.39 is 10.0 Å². The van der Waals surface area contributed by atoms with Crippen molar-refractivity contribution in [2.24, 2.45) is 5.92 Å². The van der Waals surface area contributed by atoms with Gasteiger partial charge in [-0.1, -0.05) is 33.3 Å². The van der Waals surface area contributed by atoms with Crippen LogP contribution in [0.25, 0.3) is 10.2 Å². The molecular weight excluding hydrogens is 532 g/mol. The molecule has 1 aromatic carbocycles. The van der Waals surface area contributed by atoms with Gasteiger partial charge in [-0.05, 0) is 56.6 Å². The van der Waals surface area contributed by atoms with Gasteiger partial charge in [-0.2, -0.15) is 4.31 Å². The standard InChI is InChI=1S/C21H25BrN4O3S3/c1-24(2)10-11-26(21-23-17-8-7-16(22)13-18(17)31-21)20(27)15-5-3-9-25(14-15)32(28,29)19-6-4-12-30-19/h4,6-8,12-13,15H,3,5,9-11,14H2,1-2H3. The molecule has 1 aliphatic heterocycles. The molecule has 3 aromatic rings. The fraction of sp³-hybridized carbons (Fsp3) is 0.429. The van der Waals surface area contributed by atoms with Crippen LogP contribution < -0.4 is 4.90 Å². The Morgan fingerprint density at radius 3 is 2.81 bits per heavy atom. The molecule has 7 nitrogen and oxygen atoms in total. The lowest BCUT2D eigenvalue weighted by Gasteiger charge is -2.33. The number of hydrogen-bond donors (Lipinski definition) is 0. The fourth-order valence-electron chi connectivity index (χ4n) is 3.72. The number of likely N-dealkylation sites (N-methyl/N-ethyl adjacent to an activating group) is 1. The Balaban J connectivity index is 1.59. The van der Waals surface area contributed by atoms with E-state index in [4.69, 9.17) is 4.98 Å². The van der Waals surface area contributed by atoms with E-state index in [2.05, 4.69) is 15.9 Å². The number of piperidine rings is 1. The zero-order valence-electron chi connectivity index (χ0n) is 17.9. The normalized spacial score (nSPS) is 17.8. The number of rotatable bonds is 7. The maximum absolute atomic E-state index is 13.7. The van der Waals surface area contributed by atoms with E-state index >= 15 is 0 Å². The van der Waals surface area contributed by atoms with Crippen molar-refractivity contribution in [2.75, 3.05) is 45.2 Å². The molecule has 1 atom stereocenters. The highest BCUT2D eigenvalue weighted by molar-refractivity contribution is 9.10. The van der Waals surface area contributed by atoms with Gasteiger partial charge in [0.15, 0.2) is 5.13 Å². The third kappa shape index (κ3) is 5.07. The van der Waals surface area contributed by atoms with E-state index in [0.29, 0.717) is 41.8 Å². The Morgan fingerprint density at radius 2 is 2.09 bits per heavy atom. The number of anilines is 1. The van der Waals surface area contributed by atoms with Gasteiger partial charge in [-0.3, -0.25) is 9.69 Å². The minimum atomic E-state index is -3.57. The summed E-state index contributed by atoms with van der Waals surface area (Å²) >= 11 is 6.18. The molecule has 172 valence electrons. The fourth-order valence-corrected chi connectivity index (χ4v) is 7.94. The molecule has 4 rings (SSSR count). The quantitative estimate of drug-likeness (QED) is 0.437. The van der Waals surface area contributed by atoms with Crippen LogP contribution >= 0.6 is 38.6 Å². The van der Waals surface area contributed by atoms with Crippen molar-refractivity contribution in [3.63, 3.8) is 0 Å². The summed E-state index contributed by atoms with van der Waals surface area (Å²) in [5, 5.41) is 2.41. The van der Waals surface area contributed by atoms with Crippen molar-refractivity contribution in [1.82, 2.24) is 14.2 Å². The molecule has 1 fully saturated rings. The molecule has 0 bridgehead atoms. The number of fused-ring (bicyclic) bond motifs is 1. The number of thiazole rings is 1. The average Bonchev–Trinajstić information content (AvgIpc) is 3.44. The van der Waals surface area contributed by atoms with Crippen LogP contribution in [-0.4, -0.2) is 68.8 Å². The molecule has 1 amide bonds. The van der Waals surface area contributed by atoms with E-state index in [1.807, 2.05) is 37.2 Å². The van der Waals surface area contributed by atoms with Gasteiger partial charge >= 0.3 is 0 Å². The highest BCUT2D eigenvalue weighted by Gasteiger charge is 2.36. The third-order valence-corrected chi connectivity index (χ3v) is 10.2. The first-order valence-corrected chi connectivity index (χ1v) is 14.2. The number of amides is 1. The van der Waals surface area contributed by atoms with Gasteiger partial charge in [-0.15, -0.1) is 11.3 Å². The van der Waals surface area contributed by atoms with E-state index in [1.165, 1.54) is 27.0 Å². The topological polar surface area (TPSA) is 73.8 Å². The second-order valence-corrected chi connectivity index (χ2v) is 13.1. The number of halogens is 1. The van der Waals surface area contributed by atoms with Crippen molar-refractivity contribution in [2.45, 2.75) is 17.1 Å². The Morgan fingerprint density at radius 1 is 1.28 bits per heavy atom. The van der Waals surface area contributed by atoms with Crippen molar-refractivity contribution in [3.8, 4) is 0 Å². The molecular formula is C21H25BrN4O3S3. The summed E-state index contributed by atoms with van der Waals surface area (Å²) in [4.78, 5) is 22.1. The van der Waals surface area contributed by atoms with E-state index in [1.54, 1.807) is 22.4 Å². The molecule has 3 heterocycles. The highest BCUT2D eigenvalue weighted by Crippen LogP contribution is 2.33. The molecule has 32 heavy (non-hydrogen) atoms. The van der Waals surface area contributed by atoms with Crippen molar-refractivity contribution in [3.05, 3.63) is 40.2 Å². The summed E-state index contributed by atoms with van der Waals surface area (Å²) in [6, 6.07) is 9.23. The molecule has 0 aliphatic carbocycles. The summed E-state index contributed by atoms with van der Waals surface area (Å²) in [6.45, 7) is 1.83. The van der Waals surface area contributed by atoms with Crippen LogP contribution in [0.2, 0.25) is 0 Å². The number of thiophene rings is 1. The van der Waals surface area contributed by atoms with Gasteiger partial charge in [0.05, 0.1) is 16.1 Å². The minimum Gasteiger partial charge on any atom is -0.308 e. The van der Waals surface area contributed by atoms with Crippen molar-refractivity contribution >= 4 is 69.9 Å². The lowest BCUT2D eigenvalue weighted by Crippen LogP contribution is -2.48. The lowest BCUT2D eigenvalue weighted by molar-refractivity contribution is -0.123. The van der Waals surface area contributed by atoms with Crippen LogP contribution in [0.5, 0.6) is 0 Å². The van der Waals surface area contributed by atoms with Gasteiger partial charge in [0.2, 0.25) is 5.91 Å². The predicted octanol–water partition coefficient (Wildman–Crippen LogP) is 4.12. The van der Waals surface area contributed by atoms with Crippen LogP contribution in [0.3, 0.4) is 0 Å². The molecule has 2 aromatic heterocycles. The van der Waals surface area contributed by atoms with Gasteiger partial charge in [0.25, 0.3) is 10.0 Å². The smallest absolute Gasteiger partial charge is 0.252 e. The van der Waals surface area contributed by atoms with Crippen molar-refractivity contribution < 1.29 is 13.2 Å². The molecule has 11 heteroatoms. The summed E-state index contributed by atoms with van der Waals surface area (Å²) in [5.41, 5.74) is 0.849. The van der Waals surface area contributed by atoms with E-state index in [-0.39, 0.29) is 18.4 Å². The first-order valence-electron chi connectivity index (χ1n) is 10.3. The van der Waals surface area contributed by atoms with E-state index in [9.17, 15) is 13.2 Å². The molecule has 0 spiro atoms. The largest absolute Gasteiger partial charge is 0.308 e. The number of carbonyl (C=O) groups is 1. The number of aromatic nitrogens is 1. The molecule has 1 unspecified atom stereocenters. The van der Waals surface area contributed by atoms with Gasteiger partial charge in [-0.25, -0.2) is 13.4 Å². The highest BCUT2D eigenvalue weighted by atomic mass is 79.9.